The Hall–Kier alpha value is -2.32. The molecule has 1 aromatic carbocycles. The molecular weight excluding hydrogens is 425 g/mol. The monoisotopic (exact) mass is 458 g/mol. The summed E-state index contributed by atoms with van der Waals surface area (Å²) in [5, 5.41) is 11.7. The number of rotatable bonds is 8. The Morgan fingerprint density at radius 2 is 1.75 bits per heavy atom. The number of alkyl halides is 3. The highest BCUT2D eigenvalue weighted by molar-refractivity contribution is 5.97. The van der Waals surface area contributed by atoms with E-state index >= 15 is 0 Å². The molecule has 0 heterocycles. The highest BCUT2D eigenvalue weighted by atomic mass is 19.4. The molecule has 1 saturated carbocycles. The van der Waals surface area contributed by atoms with Gasteiger partial charge in [-0.1, -0.05) is 33.1 Å². The van der Waals surface area contributed by atoms with Crippen molar-refractivity contribution in [3.05, 3.63) is 33.4 Å². The SMILES string of the molecule is CCC(C)(CC)Oc1cc(C(F)(F)F)c(C(=O)N(C(C)C)C2CCCCC2)cc1[N+](=O)[O-]. The molecule has 0 aromatic heterocycles. The minimum atomic E-state index is -4.87. The van der Waals surface area contributed by atoms with Gasteiger partial charge in [0.1, 0.15) is 5.60 Å². The number of halogens is 3. The van der Waals surface area contributed by atoms with Crippen molar-refractivity contribution in [2.75, 3.05) is 0 Å². The number of carbonyl (C=O) groups is 1. The summed E-state index contributed by atoms with van der Waals surface area (Å²) in [5.74, 6) is -1.30. The van der Waals surface area contributed by atoms with Gasteiger partial charge in [0, 0.05) is 24.2 Å². The smallest absolute Gasteiger partial charge is 0.417 e. The zero-order chi connectivity index (χ0) is 24.3. The maximum Gasteiger partial charge on any atom is 0.417 e. The van der Waals surface area contributed by atoms with Crippen LogP contribution in [0.15, 0.2) is 12.1 Å². The van der Waals surface area contributed by atoms with Gasteiger partial charge in [-0.25, -0.2) is 0 Å². The number of nitro benzene ring substituents is 1. The molecule has 1 aromatic rings. The van der Waals surface area contributed by atoms with Crippen molar-refractivity contribution in [3.63, 3.8) is 0 Å². The van der Waals surface area contributed by atoms with Crippen molar-refractivity contribution in [3.8, 4) is 5.75 Å². The van der Waals surface area contributed by atoms with Crippen LogP contribution >= 0.6 is 0 Å². The number of hydrogen-bond donors (Lipinski definition) is 0. The van der Waals surface area contributed by atoms with Crippen molar-refractivity contribution in [1.29, 1.82) is 0 Å². The van der Waals surface area contributed by atoms with E-state index in [0.717, 1.165) is 25.3 Å². The zero-order valence-electron chi connectivity index (χ0n) is 19.4. The number of amides is 1. The summed E-state index contributed by atoms with van der Waals surface area (Å²) in [5.41, 5.74) is -3.42. The van der Waals surface area contributed by atoms with Gasteiger partial charge >= 0.3 is 11.9 Å². The molecule has 0 N–H and O–H groups in total. The standard InChI is InChI=1S/C23H33F3N2O4/c1-6-22(5,7-2)32-20-14-18(23(24,25)26)17(13-19(20)28(30)31)21(29)27(15(3)4)16-11-9-8-10-12-16/h13-16H,6-12H2,1-5H3. The Morgan fingerprint density at radius 1 is 1.19 bits per heavy atom. The first-order valence-corrected chi connectivity index (χ1v) is 11.3. The van der Waals surface area contributed by atoms with Gasteiger partial charge in [-0.05, 0) is 46.5 Å². The summed E-state index contributed by atoms with van der Waals surface area (Å²) in [6, 6.07) is 0.833. The molecule has 0 saturated heterocycles. The summed E-state index contributed by atoms with van der Waals surface area (Å²) in [6.07, 6.45) is 0.258. The van der Waals surface area contributed by atoms with E-state index in [0.29, 0.717) is 31.7 Å². The van der Waals surface area contributed by atoms with Crippen LogP contribution in [0.25, 0.3) is 0 Å². The highest BCUT2D eigenvalue weighted by Crippen LogP contribution is 2.42. The predicted octanol–water partition coefficient (Wildman–Crippen LogP) is 6.75. The van der Waals surface area contributed by atoms with Gasteiger partial charge in [0.05, 0.1) is 16.1 Å². The predicted molar refractivity (Wildman–Crippen MR) is 116 cm³/mol. The van der Waals surface area contributed by atoms with Crippen molar-refractivity contribution in [1.82, 2.24) is 4.90 Å². The first-order chi connectivity index (χ1) is 14.8. The van der Waals surface area contributed by atoms with Crippen LogP contribution in [-0.2, 0) is 6.18 Å². The van der Waals surface area contributed by atoms with Crippen LogP contribution in [0.5, 0.6) is 5.75 Å². The summed E-state index contributed by atoms with van der Waals surface area (Å²) in [4.78, 5) is 25.8. The number of benzene rings is 1. The second-order valence-electron chi connectivity index (χ2n) is 8.98. The highest BCUT2D eigenvalue weighted by Gasteiger charge is 2.41. The Bertz CT molecular complexity index is 829. The lowest BCUT2D eigenvalue weighted by Crippen LogP contribution is -2.46. The first kappa shape index (κ1) is 25.9. The number of ether oxygens (including phenoxy) is 1. The van der Waals surface area contributed by atoms with Crippen molar-refractivity contribution >= 4 is 11.6 Å². The molecule has 2 rings (SSSR count). The maximum atomic E-state index is 14.0. The molecule has 0 aliphatic heterocycles. The second-order valence-corrected chi connectivity index (χ2v) is 8.98. The average molecular weight is 459 g/mol. The van der Waals surface area contributed by atoms with E-state index < -0.39 is 45.2 Å². The minimum absolute atomic E-state index is 0.184. The molecule has 1 aliphatic rings. The number of nitrogens with zero attached hydrogens (tertiary/aromatic N) is 2. The van der Waals surface area contributed by atoms with E-state index in [4.69, 9.17) is 4.74 Å². The minimum Gasteiger partial charge on any atom is -0.481 e. The van der Waals surface area contributed by atoms with E-state index in [9.17, 15) is 28.1 Å². The topological polar surface area (TPSA) is 72.7 Å². The summed E-state index contributed by atoms with van der Waals surface area (Å²) in [6.45, 7) is 8.77. The van der Waals surface area contributed by atoms with Gasteiger partial charge in [-0.15, -0.1) is 0 Å². The summed E-state index contributed by atoms with van der Waals surface area (Å²) in [7, 11) is 0. The van der Waals surface area contributed by atoms with Gasteiger partial charge < -0.3 is 9.64 Å². The van der Waals surface area contributed by atoms with E-state index in [1.165, 1.54) is 4.90 Å². The molecule has 180 valence electrons. The second kappa shape index (κ2) is 10.1. The molecule has 0 radical (unpaired) electrons. The van der Waals surface area contributed by atoms with Crippen molar-refractivity contribution in [2.45, 2.75) is 103 Å². The van der Waals surface area contributed by atoms with Crippen LogP contribution in [0.2, 0.25) is 0 Å². The van der Waals surface area contributed by atoms with Crippen LogP contribution in [0.1, 0.15) is 95.5 Å². The molecule has 0 unspecified atom stereocenters. The zero-order valence-corrected chi connectivity index (χ0v) is 19.4. The van der Waals surface area contributed by atoms with Crippen LogP contribution in [0, 0.1) is 10.1 Å². The van der Waals surface area contributed by atoms with Crippen molar-refractivity contribution < 1.29 is 27.6 Å². The molecule has 0 bridgehead atoms. The number of carbonyl (C=O) groups excluding carboxylic acids is 1. The van der Waals surface area contributed by atoms with Crippen LogP contribution < -0.4 is 4.74 Å². The molecule has 6 nitrogen and oxygen atoms in total. The Kier molecular flexibility index (Phi) is 8.17. The molecule has 1 amide bonds. The first-order valence-electron chi connectivity index (χ1n) is 11.3. The third-order valence-corrected chi connectivity index (χ3v) is 6.44. The van der Waals surface area contributed by atoms with E-state index in [1.54, 1.807) is 34.6 Å². The number of hydrogen-bond acceptors (Lipinski definition) is 4. The summed E-state index contributed by atoms with van der Waals surface area (Å²) < 4.78 is 47.8. The fourth-order valence-electron chi connectivity index (χ4n) is 4.18. The Labute approximate surface area is 187 Å². The lowest BCUT2D eigenvalue weighted by molar-refractivity contribution is -0.386. The molecule has 0 spiro atoms. The van der Waals surface area contributed by atoms with Crippen molar-refractivity contribution in [2.24, 2.45) is 0 Å². The molecule has 0 atom stereocenters. The Morgan fingerprint density at radius 3 is 2.19 bits per heavy atom. The molecule has 1 aliphatic carbocycles. The van der Waals surface area contributed by atoms with Crippen LogP contribution in [0.4, 0.5) is 18.9 Å². The van der Waals surface area contributed by atoms with Gasteiger partial charge in [-0.3, -0.25) is 14.9 Å². The van der Waals surface area contributed by atoms with E-state index in [1.807, 2.05) is 0 Å². The van der Waals surface area contributed by atoms with Gasteiger partial charge in [0.2, 0.25) is 0 Å². The lowest BCUT2D eigenvalue weighted by atomic mass is 9.92. The van der Waals surface area contributed by atoms with Gasteiger partial charge in [0.25, 0.3) is 5.91 Å². The third kappa shape index (κ3) is 5.72. The number of nitro groups is 1. The quantitative estimate of drug-likeness (QED) is 0.319. The van der Waals surface area contributed by atoms with Gasteiger partial charge in [-0.2, -0.15) is 13.2 Å². The lowest BCUT2D eigenvalue weighted by Gasteiger charge is -2.38. The maximum absolute atomic E-state index is 14.0. The summed E-state index contributed by atoms with van der Waals surface area (Å²) >= 11 is 0. The molecule has 1 fully saturated rings. The Balaban J connectivity index is 2.66. The van der Waals surface area contributed by atoms with E-state index in [2.05, 4.69) is 0 Å². The van der Waals surface area contributed by atoms with Crippen LogP contribution in [0.3, 0.4) is 0 Å². The molecule has 32 heavy (non-hydrogen) atoms. The third-order valence-electron chi connectivity index (χ3n) is 6.44. The fourth-order valence-corrected chi connectivity index (χ4v) is 4.18. The molecular formula is C23H33F3N2O4. The van der Waals surface area contributed by atoms with E-state index in [-0.39, 0.29) is 12.1 Å². The van der Waals surface area contributed by atoms with Gasteiger partial charge in [0.15, 0.2) is 5.75 Å². The normalized spacial score (nSPS) is 15.7. The van der Waals surface area contributed by atoms with Crippen LogP contribution in [-0.4, -0.2) is 33.4 Å². The largest absolute Gasteiger partial charge is 0.481 e. The average Bonchev–Trinajstić information content (AvgIpc) is 2.73. The molecule has 9 heteroatoms. The fraction of sp³-hybridized carbons (Fsp3) is 0.696.